The van der Waals surface area contributed by atoms with Gasteiger partial charge < -0.3 is 41.5 Å². The Kier molecular flexibility index (Phi) is 15.3. The first-order valence-electron chi connectivity index (χ1n) is 18.7. The Hall–Kier alpha value is -4.65. The van der Waals surface area contributed by atoms with Crippen LogP contribution >= 0.6 is 0 Å². The van der Waals surface area contributed by atoms with Crippen molar-refractivity contribution in [3.63, 3.8) is 0 Å². The Labute approximate surface area is 305 Å². The van der Waals surface area contributed by atoms with Crippen LogP contribution in [0.3, 0.4) is 0 Å². The smallest absolute Gasteiger partial charge is 0.326 e. The molecule has 2 aliphatic rings. The molecule has 2 aliphatic heterocycles. The van der Waals surface area contributed by atoms with E-state index in [-0.39, 0.29) is 49.3 Å². The van der Waals surface area contributed by atoms with Gasteiger partial charge in [-0.1, -0.05) is 63.3 Å². The number of hydrogen-bond donors (Lipinski definition) is 6. The lowest BCUT2D eigenvalue weighted by Gasteiger charge is -2.31. The fourth-order valence-electron chi connectivity index (χ4n) is 7.13. The molecule has 0 aliphatic carbocycles. The van der Waals surface area contributed by atoms with Crippen molar-refractivity contribution in [3.05, 3.63) is 59.7 Å². The molecule has 5 unspecified atom stereocenters. The molecule has 52 heavy (non-hydrogen) atoms. The number of carbonyl (C=O) groups excluding carboxylic acids is 4. The number of aromatic hydroxyl groups is 2. The maximum Gasteiger partial charge on any atom is 0.326 e. The van der Waals surface area contributed by atoms with Crippen LogP contribution in [0.2, 0.25) is 0 Å². The van der Waals surface area contributed by atoms with E-state index in [1.807, 2.05) is 0 Å². The second-order valence-electron chi connectivity index (χ2n) is 14.1. The Morgan fingerprint density at radius 1 is 0.750 bits per heavy atom. The van der Waals surface area contributed by atoms with Gasteiger partial charge in [-0.3, -0.25) is 19.2 Å². The number of aryl methyl sites for hydroxylation is 1. The van der Waals surface area contributed by atoms with Gasteiger partial charge >= 0.3 is 5.97 Å². The van der Waals surface area contributed by atoms with Gasteiger partial charge in [0.2, 0.25) is 23.6 Å². The summed E-state index contributed by atoms with van der Waals surface area (Å²) in [5.74, 6) is -2.79. The molecule has 4 amide bonds. The molecule has 0 aromatic heterocycles. The number of carbonyl (C=O) groups is 5. The van der Waals surface area contributed by atoms with Crippen LogP contribution in [0.5, 0.6) is 11.5 Å². The fraction of sp³-hybridized carbons (Fsp3) is 0.564. The second kappa shape index (κ2) is 19.8. The molecule has 284 valence electrons. The molecule has 4 rings (SSSR count). The molecule has 0 saturated carbocycles. The largest absolute Gasteiger partial charge is 0.508 e. The fourth-order valence-corrected chi connectivity index (χ4v) is 7.13. The Balaban J connectivity index is 1.44. The molecule has 0 bridgehead atoms. The Morgan fingerprint density at radius 2 is 1.29 bits per heavy atom. The zero-order valence-electron chi connectivity index (χ0n) is 30.2. The van der Waals surface area contributed by atoms with Crippen LogP contribution in [0.4, 0.5) is 0 Å². The summed E-state index contributed by atoms with van der Waals surface area (Å²) < 4.78 is 0. The lowest BCUT2D eigenvalue weighted by Crippen LogP contribution is -2.57. The van der Waals surface area contributed by atoms with Crippen molar-refractivity contribution < 1.29 is 39.3 Å². The lowest BCUT2D eigenvalue weighted by atomic mass is 10.0. The number of phenols is 2. The van der Waals surface area contributed by atoms with Crippen molar-refractivity contribution in [1.29, 1.82) is 0 Å². The number of unbranched alkanes of at least 4 members (excludes halogenated alkanes) is 4. The van der Waals surface area contributed by atoms with Crippen molar-refractivity contribution in [2.45, 2.75) is 127 Å². The summed E-state index contributed by atoms with van der Waals surface area (Å²) >= 11 is 0. The van der Waals surface area contributed by atoms with E-state index in [0.29, 0.717) is 44.2 Å². The molecular formula is C39H55N5O8. The highest BCUT2D eigenvalue weighted by molar-refractivity contribution is 5.95. The number of nitrogens with two attached hydrogens (primary N) is 1. The summed E-state index contributed by atoms with van der Waals surface area (Å²) in [6, 6.07) is 8.31. The SMILES string of the molecule is CCCCCCCC(N)CC(=O)N1CCCC1C(=O)NC(CCc1ccc(O)cc1)C(=O)N1CCCC1C(=O)NC(Cc1ccc(O)cc1)C(=O)O. The van der Waals surface area contributed by atoms with E-state index in [4.69, 9.17) is 5.73 Å². The maximum atomic E-state index is 14.2. The van der Waals surface area contributed by atoms with Gasteiger partial charge in [0, 0.05) is 32.0 Å². The standard InChI is InChI=1S/C39H55N5O8/c1-2-3-4-5-6-9-28(40)25-35(47)43-22-7-10-33(43)36(48)41-31(21-16-26-12-17-29(45)18-13-26)38(50)44-23-8-11-34(44)37(49)42-32(39(51)52)24-27-14-19-30(46)20-15-27/h12-15,17-20,28,31-34,45-46H,2-11,16,21-25,40H2,1H3,(H,41,48)(H,42,49)(H,51,52). The van der Waals surface area contributed by atoms with Gasteiger partial charge in [0.1, 0.15) is 35.7 Å². The first kappa shape index (κ1) is 40.1. The van der Waals surface area contributed by atoms with Crippen LogP contribution in [0, 0.1) is 0 Å². The van der Waals surface area contributed by atoms with Crippen molar-refractivity contribution in [1.82, 2.24) is 20.4 Å². The molecule has 5 atom stereocenters. The first-order valence-corrected chi connectivity index (χ1v) is 18.7. The van der Waals surface area contributed by atoms with E-state index in [1.165, 1.54) is 23.5 Å². The normalized spacial score (nSPS) is 18.8. The molecule has 13 nitrogen and oxygen atoms in total. The number of nitrogens with one attached hydrogen (secondary N) is 2. The van der Waals surface area contributed by atoms with Gasteiger partial charge in [-0.15, -0.1) is 0 Å². The molecule has 2 heterocycles. The minimum atomic E-state index is -1.26. The number of amides is 4. The zero-order chi connectivity index (χ0) is 37.6. The number of phenolic OH excluding ortho intramolecular Hbond substituents is 2. The van der Waals surface area contributed by atoms with Crippen LogP contribution in [-0.4, -0.2) is 98.0 Å². The van der Waals surface area contributed by atoms with E-state index >= 15 is 0 Å². The Morgan fingerprint density at radius 3 is 1.88 bits per heavy atom. The number of benzene rings is 2. The highest BCUT2D eigenvalue weighted by Crippen LogP contribution is 2.24. The molecule has 2 fully saturated rings. The highest BCUT2D eigenvalue weighted by atomic mass is 16.4. The molecule has 2 saturated heterocycles. The number of nitrogens with zero attached hydrogens (tertiary/aromatic N) is 2. The van der Waals surface area contributed by atoms with Crippen molar-refractivity contribution in [2.75, 3.05) is 13.1 Å². The summed E-state index contributed by atoms with van der Waals surface area (Å²) in [6.45, 7) is 2.84. The van der Waals surface area contributed by atoms with E-state index in [0.717, 1.165) is 37.7 Å². The molecule has 0 spiro atoms. The monoisotopic (exact) mass is 721 g/mol. The lowest BCUT2D eigenvalue weighted by molar-refractivity contribution is -0.145. The average molecular weight is 722 g/mol. The zero-order valence-corrected chi connectivity index (χ0v) is 30.2. The van der Waals surface area contributed by atoms with E-state index in [9.17, 15) is 39.3 Å². The van der Waals surface area contributed by atoms with Gasteiger partial charge in [0.05, 0.1) is 0 Å². The minimum Gasteiger partial charge on any atom is -0.508 e. The third kappa shape index (κ3) is 11.7. The molecule has 13 heteroatoms. The first-order chi connectivity index (χ1) is 25.0. The molecule has 2 aromatic rings. The maximum absolute atomic E-state index is 14.2. The van der Waals surface area contributed by atoms with Gasteiger partial charge in [-0.05, 0) is 80.3 Å². The summed E-state index contributed by atoms with van der Waals surface area (Å²) in [4.78, 5) is 70.0. The number of carboxylic acid groups (broad SMARTS) is 1. The predicted molar refractivity (Wildman–Crippen MR) is 195 cm³/mol. The number of likely N-dealkylation sites (tertiary alicyclic amines) is 2. The van der Waals surface area contributed by atoms with Gasteiger partial charge in [0.15, 0.2) is 0 Å². The number of carboxylic acids is 1. The summed E-state index contributed by atoms with van der Waals surface area (Å²) in [5.41, 5.74) is 7.75. The quantitative estimate of drug-likeness (QED) is 0.118. The summed E-state index contributed by atoms with van der Waals surface area (Å²) in [5, 5.41) is 34.7. The molecule has 0 radical (unpaired) electrons. The topological polar surface area (TPSA) is 203 Å². The second-order valence-corrected chi connectivity index (χ2v) is 14.1. The van der Waals surface area contributed by atoms with Crippen molar-refractivity contribution in [3.8, 4) is 11.5 Å². The highest BCUT2D eigenvalue weighted by Gasteiger charge is 2.41. The van der Waals surface area contributed by atoms with Gasteiger partial charge in [-0.2, -0.15) is 0 Å². The van der Waals surface area contributed by atoms with Crippen LogP contribution < -0.4 is 16.4 Å². The van der Waals surface area contributed by atoms with E-state index < -0.39 is 47.9 Å². The van der Waals surface area contributed by atoms with Crippen LogP contribution in [-0.2, 0) is 36.8 Å². The van der Waals surface area contributed by atoms with Crippen molar-refractivity contribution >= 4 is 29.6 Å². The van der Waals surface area contributed by atoms with Crippen LogP contribution in [0.15, 0.2) is 48.5 Å². The third-order valence-corrected chi connectivity index (χ3v) is 10.1. The molecule has 2 aromatic carbocycles. The van der Waals surface area contributed by atoms with Gasteiger partial charge in [-0.25, -0.2) is 4.79 Å². The van der Waals surface area contributed by atoms with Crippen LogP contribution in [0.25, 0.3) is 0 Å². The third-order valence-electron chi connectivity index (χ3n) is 10.1. The molecular weight excluding hydrogens is 666 g/mol. The Bertz CT molecular complexity index is 1500. The number of aliphatic carboxylic acids is 1. The summed E-state index contributed by atoms with van der Waals surface area (Å²) in [7, 11) is 0. The van der Waals surface area contributed by atoms with E-state index in [1.54, 1.807) is 41.3 Å². The van der Waals surface area contributed by atoms with Gasteiger partial charge in [0.25, 0.3) is 0 Å². The van der Waals surface area contributed by atoms with Crippen molar-refractivity contribution in [2.24, 2.45) is 5.73 Å². The molecule has 7 N–H and O–H groups in total. The number of hydrogen-bond acceptors (Lipinski definition) is 8. The summed E-state index contributed by atoms with van der Waals surface area (Å²) in [6.07, 6.45) is 8.88. The van der Waals surface area contributed by atoms with Crippen LogP contribution in [0.1, 0.15) is 95.1 Å². The predicted octanol–water partition coefficient (Wildman–Crippen LogP) is 3.39. The minimum absolute atomic E-state index is 0.0200. The van der Waals surface area contributed by atoms with E-state index in [2.05, 4.69) is 17.6 Å². The average Bonchev–Trinajstić information content (AvgIpc) is 3.82. The number of rotatable bonds is 19.